The summed E-state index contributed by atoms with van der Waals surface area (Å²) in [4.78, 5) is 54.0. The molecule has 0 atom stereocenters. The van der Waals surface area contributed by atoms with Crippen LogP contribution in [-0.2, 0) is 50.6 Å². The van der Waals surface area contributed by atoms with Crippen molar-refractivity contribution in [2.24, 2.45) is 5.10 Å². The number of nitrogens with zero attached hydrogens (tertiary/aromatic N) is 3. The number of hydrazone groups is 1. The summed E-state index contributed by atoms with van der Waals surface area (Å²) in [6.07, 6.45) is 8.01. The topological polar surface area (TPSA) is 245 Å². The summed E-state index contributed by atoms with van der Waals surface area (Å²) < 4.78 is 73.5. The largest absolute Gasteiger partial charge is 1.00 e. The minimum Gasteiger partial charge on any atom is -0.744 e. The van der Waals surface area contributed by atoms with E-state index in [-0.39, 0.29) is 132 Å². The van der Waals surface area contributed by atoms with Gasteiger partial charge in [-0.25, -0.2) is 26.3 Å². The van der Waals surface area contributed by atoms with E-state index in [2.05, 4.69) is 10.2 Å². The van der Waals surface area contributed by atoms with Crippen LogP contribution in [-0.4, -0.2) is 66.1 Å². The van der Waals surface area contributed by atoms with Gasteiger partial charge in [0.25, 0.3) is 11.5 Å². The Balaban J connectivity index is 0.00000231. The number of benzene rings is 2. The second-order valence-corrected chi connectivity index (χ2v) is 11.8. The molecule has 246 valence electrons. The molecule has 1 amide bonds. The van der Waals surface area contributed by atoms with E-state index in [4.69, 9.17) is 14.3 Å². The van der Waals surface area contributed by atoms with Gasteiger partial charge in [-0.1, -0.05) is 25.2 Å². The first-order valence-corrected chi connectivity index (χ1v) is 16.1. The fourth-order valence-electron chi connectivity index (χ4n) is 4.09. The third-order valence-corrected chi connectivity index (χ3v) is 7.91. The molecule has 0 spiro atoms. The fourth-order valence-corrected chi connectivity index (χ4v) is 5.03. The van der Waals surface area contributed by atoms with E-state index in [9.17, 15) is 40.3 Å². The summed E-state index contributed by atoms with van der Waals surface area (Å²) >= 11 is 0. The van der Waals surface area contributed by atoms with E-state index in [1.54, 1.807) is 6.92 Å². The molecule has 49 heavy (non-hydrogen) atoms. The van der Waals surface area contributed by atoms with E-state index < -0.39 is 47.5 Å². The molecule has 1 N–H and O–H groups in total. The molecule has 20 heteroatoms. The third-order valence-electron chi connectivity index (χ3n) is 6.21. The van der Waals surface area contributed by atoms with Crippen molar-refractivity contribution in [2.45, 2.75) is 30.1 Å². The molecular formula is C29H24K2N4O12S2. The van der Waals surface area contributed by atoms with Gasteiger partial charge in [0.2, 0.25) is 0 Å². The second-order valence-electron chi connectivity index (χ2n) is 9.09. The van der Waals surface area contributed by atoms with Crippen molar-refractivity contribution in [1.29, 1.82) is 0 Å². The Labute approximate surface area is 365 Å². The van der Waals surface area contributed by atoms with Crippen LogP contribution in [0.15, 0.2) is 98.1 Å². The number of rotatable bonds is 10. The van der Waals surface area contributed by atoms with E-state index in [1.807, 2.05) is 6.92 Å². The van der Waals surface area contributed by atoms with Gasteiger partial charge in [0.15, 0.2) is 5.71 Å². The first-order chi connectivity index (χ1) is 22.2. The van der Waals surface area contributed by atoms with Gasteiger partial charge in [-0.3, -0.25) is 14.7 Å². The zero-order valence-electron chi connectivity index (χ0n) is 26.5. The Morgan fingerprint density at radius 1 is 0.878 bits per heavy atom. The zero-order valence-corrected chi connectivity index (χ0v) is 34.4. The molecule has 1 aromatic heterocycles. The average molecular weight is 763 g/mol. The summed E-state index contributed by atoms with van der Waals surface area (Å²) in [6, 6.07) is 9.29. The number of amides is 1. The number of ether oxygens (including phenoxy) is 1. The molecule has 0 aliphatic carbocycles. The molecule has 2 heterocycles. The Hall–Kier alpha value is -2.25. The molecule has 2 aromatic carbocycles. The van der Waals surface area contributed by atoms with Gasteiger partial charge in [-0.15, -0.1) is 0 Å². The monoisotopic (exact) mass is 762 g/mol. The molecule has 0 fully saturated rings. The molecule has 0 radical (unpaired) electrons. The van der Waals surface area contributed by atoms with Crippen molar-refractivity contribution in [3.05, 3.63) is 100 Å². The van der Waals surface area contributed by atoms with Gasteiger partial charge in [0.05, 0.1) is 38.9 Å². The van der Waals surface area contributed by atoms with Crippen LogP contribution < -0.4 is 113 Å². The number of hydrogen-bond acceptors (Lipinski definition) is 13. The number of aromatic amines is 1. The summed E-state index contributed by atoms with van der Waals surface area (Å²) in [5.41, 5.74) is 0.474. The second kappa shape index (κ2) is 20.0. The van der Waals surface area contributed by atoms with Crippen LogP contribution >= 0.6 is 0 Å². The molecule has 0 bridgehead atoms. The molecule has 1 aliphatic heterocycles. The van der Waals surface area contributed by atoms with E-state index >= 15 is 0 Å². The Morgan fingerprint density at radius 3 is 1.86 bits per heavy atom. The van der Waals surface area contributed by atoms with E-state index in [0.717, 1.165) is 29.3 Å². The molecule has 3 aromatic rings. The number of hydrogen-bond donors (Lipinski definition) is 1. The summed E-state index contributed by atoms with van der Waals surface area (Å²) in [5, 5.41) is 7.86. The Morgan fingerprint density at radius 2 is 1.39 bits per heavy atom. The summed E-state index contributed by atoms with van der Waals surface area (Å²) in [5.74, 6) is -1.57. The minimum atomic E-state index is -4.71. The molecule has 4 rings (SSSR count). The summed E-state index contributed by atoms with van der Waals surface area (Å²) in [6.45, 7) is 3.42. The Kier molecular flexibility index (Phi) is 18.2. The minimum absolute atomic E-state index is 0. The maximum atomic E-state index is 13.1. The average Bonchev–Trinajstić information content (AvgIpc) is 3.52. The number of carbonyl (C=O) groups excluding carboxylic acids is 4. The number of H-pyrrole nitrogens is 1. The Bertz CT molecular complexity index is 2110. The molecule has 1 aliphatic rings. The van der Waals surface area contributed by atoms with Crippen LogP contribution in [0.5, 0.6) is 0 Å². The van der Waals surface area contributed by atoms with Crippen LogP contribution in [0.2, 0.25) is 0 Å². The van der Waals surface area contributed by atoms with Gasteiger partial charge < -0.3 is 13.8 Å². The number of carbonyl (C=O) groups is 2. The van der Waals surface area contributed by atoms with Crippen molar-refractivity contribution in [1.82, 2.24) is 9.78 Å². The van der Waals surface area contributed by atoms with Crippen molar-refractivity contribution in [3.63, 3.8) is 0 Å². The molecule has 0 saturated heterocycles. The molecule has 0 saturated carbocycles. The van der Waals surface area contributed by atoms with Crippen LogP contribution in [0.1, 0.15) is 25.1 Å². The maximum Gasteiger partial charge on any atom is 1.00 e. The first kappa shape index (κ1) is 44.8. The number of esters is 1. The van der Waals surface area contributed by atoms with Crippen LogP contribution in [0, 0.1) is 0 Å². The van der Waals surface area contributed by atoms with Gasteiger partial charge in [0.1, 0.15) is 20.2 Å². The van der Waals surface area contributed by atoms with Crippen molar-refractivity contribution >= 4 is 55.7 Å². The third kappa shape index (κ3) is 11.6. The van der Waals surface area contributed by atoms with Crippen LogP contribution in [0.25, 0.3) is 11.8 Å². The predicted octanol–water partition coefficient (Wildman–Crippen LogP) is -4.58. The van der Waals surface area contributed by atoms with Crippen molar-refractivity contribution in [3.8, 4) is 5.69 Å². The number of allylic oxidation sites excluding steroid dienone is 4. The van der Waals surface area contributed by atoms with Gasteiger partial charge in [-0.2, -0.15) is 19.7 Å². The first-order valence-electron chi connectivity index (χ1n) is 13.3. The van der Waals surface area contributed by atoms with E-state index in [0.29, 0.717) is 23.4 Å². The summed E-state index contributed by atoms with van der Waals surface area (Å²) in [7, 11) is -9.35. The van der Waals surface area contributed by atoms with Crippen molar-refractivity contribution in [2.75, 3.05) is 11.6 Å². The van der Waals surface area contributed by atoms with Crippen molar-refractivity contribution < 1.29 is 153 Å². The van der Waals surface area contributed by atoms with E-state index in [1.165, 1.54) is 59.3 Å². The predicted molar refractivity (Wildman–Crippen MR) is 161 cm³/mol. The normalized spacial score (nSPS) is 13.7. The van der Waals surface area contributed by atoms with Crippen LogP contribution in [0.4, 0.5) is 5.69 Å². The maximum absolute atomic E-state index is 13.1. The fraction of sp³-hybridized carbons (Fsp3) is 0.138. The number of anilines is 1. The van der Waals surface area contributed by atoms with Gasteiger partial charge >= 0.3 is 115 Å². The smallest absolute Gasteiger partial charge is 0.744 e. The van der Waals surface area contributed by atoms with Crippen LogP contribution in [0.3, 0.4) is 0 Å². The molecular weight excluding hydrogens is 739 g/mol. The molecule has 16 nitrogen and oxygen atoms in total. The van der Waals surface area contributed by atoms with Gasteiger partial charge in [0, 0.05) is 5.69 Å². The standard InChI is InChI=1S/C28H26N4O10S2.CO2.2K/c1-3-24-22(26(33)31(29-24)18-10-14-20(15-11-18)43(36,37)38)8-6-5-7-9-23-25(28(35)42-4-2)30-32(27(23)34)19-12-16-21(17-13-19)44(39,40)41;2-1-3;;/h5-17,29H,3-4H2,1-2H3,(H,36,37,38)(H,39,40,41);;;/q;;2*+1/p-2. The number of nitrogens with one attached hydrogen (secondary N) is 1. The van der Waals surface area contributed by atoms with Gasteiger partial charge in [-0.05, 0) is 74.0 Å². The molecule has 0 unspecified atom stereocenters. The zero-order chi connectivity index (χ0) is 34.9. The SMILES string of the molecule is CCOC(=O)C1=NN(c2ccc(S(=O)(=O)[O-])cc2)C(=O)C1=CC=CC=Cc1c(CC)[nH]n(-c2ccc(S(=O)(=O)[O-])cc2)c1=O.O=C=O.[K+].[K+]. The quantitative estimate of drug-likeness (QED) is 0.0675. The number of aromatic nitrogens is 2. The number of aryl methyl sites for hydroxylation is 1.